The Bertz CT molecular complexity index is 1320. The normalized spacial score (nSPS) is 10.6. The number of nitriles is 1. The Kier molecular flexibility index (Phi) is 7.00. The largest absolute Gasteiger partial charge is 0.494 e. The molecule has 0 aliphatic rings. The van der Waals surface area contributed by atoms with Crippen LogP contribution in [0, 0.1) is 11.3 Å². The van der Waals surface area contributed by atoms with Gasteiger partial charge in [0, 0.05) is 5.56 Å². The summed E-state index contributed by atoms with van der Waals surface area (Å²) in [5.41, 5.74) is -0.448. The number of nitrogens with zero attached hydrogens (tertiary/aromatic N) is 3. The molecule has 0 saturated carbocycles. The van der Waals surface area contributed by atoms with Crippen LogP contribution < -0.4 is 10.3 Å². The molecule has 3 aromatic rings. The number of methoxy groups -OCH3 is 1. The molecule has 0 unspecified atom stereocenters. The van der Waals surface area contributed by atoms with E-state index < -0.39 is 23.2 Å². The van der Waals surface area contributed by atoms with Crippen molar-refractivity contribution in [3.63, 3.8) is 0 Å². The number of carbonyl (C=O) groups excluding carboxylic acids is 1. The minimum Gasteiger partial charge on any atom is -0.494 e. The van der Waals surface area contributed by atoms with Gasteiger partial charge in [-0.3, -0.25) is 4.79 Å². The minimum atomic E-state index is -1.40. The van der Waals surface area contributed by atoms with Gasteiger partial charge in [0.25, 0.3) is 5.56 Å². The van der Waals surface area contributed by atoms with Gasteiger partial charge in [-0.05, 0) is 48.9 Å². The summed E-state index contributed by atoms with van der Waals surface area (Å²) in [5, 5.41) is 23.3. The van der Waals surface area contributed by atoms with Gasteiger partial charge < -0.3 is 14.6 Å². The Labute approximate surface area is 188 Å². The van der Waals surface area contributed by atoms with Crippen molar-refractivity contribution in [2.24, 2.45) is 0 Å². The van der Waals surface area contributed by atoms with Crippen LogP contribution in [-0.4, -0.2) is 40.5 Å². The Balaban J connectivity index is 2.07. The number of hydrogen-bond acceptors (Lipinski definition) is 7. The molecule has 9 nitrogen and oxygen atoms in total. The number of hydrogen-bond donors (Lipinski definition) is 1. The van der Waals surface area contributed by atoms with Crippen molar-refractivity contribution in [2.75, 3.05) is 13.7 Å². The molecule has 2 aromatic carbocycles. The average Bonchev–Trinajstić information content (AvgIpc) is 2.83. The second-order valence-electron chi connectivity index (χ2n) is 6.65. The van der Waals surface area contributed by atoms with Crippen molar-refractivity contribution >= 4 is 24.1 Å². The van der Waals surface area contributed by atoms with E-state index in [9.17, 15) is 24.8 Å². The maximum absolute atomic E-state index is 12.9. The molecule has 0 saturated heterocycles. The molecule has 0 spiro atoms. The van der Waals surface area contributed by atoms with Gasteiger partial charge in [0.15, 0.2) is 5.69 Å². The minimum absolute atomic E-state index is 0.116. The van der Waals surface area contributed by atoms with Crippen LogP contribution >= 0.6 is 0 Å². The molecule has 0 aliphatic heterocycles. The number of aromatic nitrogens is 2. The fourth-order valence-corrected chi connectivity index (χ4v) is 3.02. The van der Waals surface area contributed by atoms with Crippen LogP contribution in [0.25, 0.3) is 17.8 Å². The van der Waals surface area contributed by atoms with Crippen LogP contribution in [0.15, 0.2) is 53.3 Å². The van der Waals surface area contributed by atoms with Crippen LogP contribution in [-0.2, 0) is 4.74 Å². The number of carboxylic acid groups (broad SMARTS) is 1. The van der Waals surface area contributed by atoms with Gasteiger partial charge in [-0.1, -0.05) is 24.3 Å². The Morgan fingerprint density at radius 1 is 1.12 bits per heavy atom. The van der Waals surface area contributed by atoms with E-state index in [0.29, 0.717) is 23.5 Å². The van der Waals surface area contributed by atoms with Crippen molar-refractivity contribution in [2.45, 2.75) is 6.92 Å². The predicted octanol–water partition coefficient (Wildman–Crippen LogP) is 3.16. The lowest BCUT2D eigenvalue weighted by atomic mass is 10.1. The van der Waals surface area contributed by atoms with Crippen LogP contribution in [0.4, 0.5) is 0 Å². The first-order valence-corrected chi connectivity index (χ1v) is 9.80. The predicted molar refractivity (Wildman–Crippen MR) is 119 cm³/mol. The number of ether oxygens (including phenoxy) is 2. The third-order valence-corrected chi connectivity index (χ3v) is 4.61. The van der Waals surface area contributed by atoms with Gasteiger partial charge in [-0.2, -0.15) is 15.0 Å². The summed E-state index contributed by atoms with van der Waals surface area (Å²) in [6.07, 6.45) is 2.86. The smallest absolute Gasteiger partial charge is 0.357 e. The van der Waals surface area contributed by atoms with E-state index in [1.54, 1.807) is 42.5 Å². The lowest BCUT2D eigenvalue weighted by molar-refractivity contribution is 0.0599. The second-order valence-corrected chi connectivity index (χ2v) is 6.65. The third kappa shape index (κ3) is 4.97. The van der Waals surface area contributed by atoms with Crippen LogP contribution in [0.1, 0.15) is 44.5 Å². The van der Waals surface area contributed by atoms with E-state index in [4.69, 9.17) is 4.74 Å². The number of benzene rings is 2. The molecule has 9 heteroatoms. The van der Waals surface area contributed by atoms with E-state index in [1.807, 2.05) is 6.92 Å². The highest BCUT2D eigenvalue weighted by Gasteiger charge is 2.21. The number of aromatic carboxylic acids is 1. The number of rotatable bonds is 7. The topological polar surface area (TPSA) is 132 Å². The summed E-state index contributed by atoms with van der Waals surface area (Å²) in [6.45, 7) is 2.30. The molecular weight excluding hydrogens is 426 g/mol. The molecule has 33 heavy (non-hydrogen) atoms. The lowest BCUT2D eigenvalue weighted by Gasteiger charge is -2.10. The summed E-state index contributed by atoms with van der Waals surface area (Å²) < 4.78 is 10.9. The molecule has 166 valence electrons. The van der Waals surface area contributed by atoms with Crippen molar-refractivity contribution in [1.82, 2.24) is 9.78 Å². The van der Waals surface area contributed by atoms with Crippen molar-refractivity contribution < 1.29 is 24.2 Å². The monoisotopic (exact) mass is 445 g/mol. The molecule has 0 bridgehead atoms. The standard InChI is InChI=1S/C24H19N3O6/c1-3-33-18-11-9-17(10-12-18)27-22(28)20(14-25)19(21(26-27)23(29)30)13-6-15-4-7-16(8-5-15)24(31)32-2/h4-13H,3H2,1-2H3,(H,29,30)/b13-6-. The molecule has 3 rings (SSSR count). The van der Waals surface area contributed by atoms with E-state index in [0.717, 1.165) is 4.68 Å². The van der Waals surface area contributed by atoms with Crippen molar-refractivity contribution in [3.05, 3.63) is 86.8 Å². The maximum Gasteiger partial charge on any atom is 0.357 e. The molecule has 0 radical (unpaired) electrons. The summed E-state index contributed by atoms with van der Waals surface area (Å²) >= 11 is 0. The summed E-state index contributed by atoms with van der Waals surface area (Å²) in [4.78, 5) is 36.4. The molecule has 0 amide bonds. The molecule has 1 aromatic heterocycles. The van der Waals surface area contributed by atoms with Gasteiger partial charge >= 0.3 is 11.9 Å². The first-order chi connectivity index (χ1) is 15.9. The Hall–Kier alpha value is -4.71. The van der Waals surface area contributed by atoms with Crippen molar-refractivity contribution in [1.29, 1.82) is 5.26 Å². The highest BCUT2D eigenvalue weighted by atomic mass is 16.5. The second kappa shape index (κ2) is 10.1. The fraction of sp³-hybridized carbons (Fsp3) is 0.125. The van der Waals surface area contributed by atoms with Crippen LogP contribution in [0.3, 0.4) is 0 Å². The molecule has 0 aliphatic carbocycles. The Morgan fingerprint density at radius 2 is 1.79 bits per heavy atom. The highest BCUT2D eigenvalue weighted by molar-refractivity contribution is 5.93. The molecular formula is C24H19N3O6. The quantitative estimate of drug-likeness (QED) is 0.549. The molecule has 0 fully saturated rings. The zero-order valence-corrected chi connectivity index (χ0v) is 17.8. The van der Waals surface area contributed by atoms with Crippen molar-refractivity contribution in [3.8, 4) is 17.5 Å². The fourth-order valence-electron chi connectivity index (χ4n) is 3.02. The van der Waals surface area contributed by atoms with Gasteiger partial charge in [0.1, 0.15) is 17.4 Å². The number of carbonyl (C=O) groups is 2. The first-order valence-electron chi connectivity index (χ1n) is 9.80. The number of esters is 1. The first kappa shape index (κ1) is 23.0. The van der Waals surface area contributed by atoms with E-state index >= 15 is 0 Å². The zero-order valence-electron chi connectivity index (χ0n) is 17.8. The van der Waals surface area contributed by atoms with Gasteiger partial charge in [-0.15, -0.1) is 0 Å². The van der Waals surface area contributed by atoms with Gasteiger partial charge in [0.05, 0.1) is 25.0 Å². The van der Waals surface area contributed by atoms with Gasteiger partial charge in [-0.25, -0.2) is 9.59 Å². The average molecular weight is 445 g/mol. The molecule has 0 atom stereocenters. The van der Waals surface area contributed by atoms with Crippen LogP contribution in [0.2, 0.25) is 0 Å². The van der Waals surface area contributed by atoms with E-state index in [1.165, 1.54) is 31.4 Å². The lowest BCUT2D eigenvalue weighted by Crippen LogP contribution is -2.28. The Morgan fingerprint density at radius 3 is 2.33 bits per heavy atom. The van der Waals surface area contributed by atoms with E-state index in [-0.39, 0.29) is 16.8 Å². The zero-order chi connectivity index (χ0) is 24.0. The summed E-state index contributed by atoms with van der Waals surface area (Å²) in [6, 6.07) is 14.4. The summed E-state index contributed by atoms with van der Waals surface area (Å²) in [7, 11) is 1.27. The maximum atomic E-state index is 12.9. The molecule has 1 heterocycles. The van der Waals surface area contributed by atoms with E-state index in [2.05, 4.69) is 9.84 Å². The SMILES string of the molecule is CCOc1ccc(-n2nc(C(=O)O)c(/C=C\c3ccc(C(=O)OC)cc3)c(C#N)c2=O)cc1. The van der Waals surface area contributed by atoms with Gasteiger partial charge in [0.2, 0.25) is 0 Å². The third-order valence-electron chi connectivity index (χ3n) is 4.61. The van der Waals surface area contributed by atoms with Crippen LogP contribution in [0.5, 0.6) is 5.75 Å². The summed E-state index contributed by atoms with van der Waals surface area (Å²) in [5.74, 6) is -1.31. The number of carboxylic acids is 1. The molecule has 1 N–H and O–H groups in total. The highest BCUT2D eigenvalue weighted by Crippen LogP contribution is 2.18.